The van der Waals surface area contributed by atoms with Crippen molar-refractivity contribution in [3.8, 4) is 11.8 Å². The van der Waals surface area contributed by atoms with Crippen molar-refractivity contribution in [2.45, 2.75) is 45.3 Å². The van der Waals surface area contributed by atoms with Crippen molar-refractivity contribution < 1.29 is 19.1 Å². The molecule has 0 radical (unpaired) electrons. The molecular formula is C27H29N3O4. The van der Waals surface area contributed by atoms with Crippen LogP contribution in [-0.4, -0.2) is 34.8 Å². The minimum absolute atomic E-state index is 0.00145. The molecule has 0 unspecified atom stereocenters. The van der Waals surface area contributed by atoms with Gasteiger partial charge in [-0.2, -0.15) is 5.26 Å². The van der Waals surface area contributed by atoms with Gasteiger partial charge in [-0.25, -0.2) is 0 Å². The number of aromatic nitrogens is 1. The van der Waals surface area contributed by atoms with Gasteiger partial charge in [0.1, 0.15) is 18.4 Å². The van der Waals surface area contributed by atoms with Crippen LogP contribution < -0.4 is 4.74 Å². The maximum atomic E-state index is 13.4. The first-order chi connectivity index (χ1) is 16.6. The third-order valence-corrected chi connectivity index (χ3v) is 6.46. The lowest BCUT2D eigenvalue weighted by Gasteiger charge is -2.40. The number of fused-ring (bicyclic) bond motifs is 1. The molecule has 7 heteroatoms. The number of esters is 1. The SMILES string of the molecule is CCCCN1C(=O)CC[C@@H](C(=O)OCc2cn3ccccc3c2C#N)[C@H]1c1ccccc1OC. The number of carbonyl (C=O) groups is 2. The number of nitriles is 1. The van der Waals surface area contributed by atoms with Gasteiger partial charge in [0.2, 0.25) is 5.91 Å². The van der Waals surface area contributed by atoms with Gasteiger partial charge in [0.15, 0.2) is 0 Å². The number of piperidine rings is 1. The van der Waals surface area contributed by atoms with Crippen molar-refractivity contribution in [1.29, 1.82) is 5.26 Å². The molecule has 2 atom stereocenters. The van der Waals surface area contributed by atoms with E-state index in [9.17, 15) is 14.9 Å². The Morgan fingerprint density at radius 1 is 1.21 bits per heavy atom. The highest BCUT2D eigenvalue weighted by molar-refractivity contribution is 5.83. The summed E-state index contributed by atoms with van der Waals surface area (Å²) in [6.45, 7) is 2.65. The van der Waals surface area contributed by atoms with E-state index in [4.69, 9.17) is 9.47 Å². The maximum Gasteiger partial charge on any atom is 0.311 e. The first kappa shape index (κ1) is 23.4. The van der Waals surface area contributed by atoms with Gasteiger partial charge in [0.05, 0.1) is 30.1 Å². The molecule has 2 aromatic heterocycles. The molecule has 7 nitrogen and oxygen atoms in total. The summed E-state index contributed by atoms with van der Waals surface area (Å²) >= 11 is 0. The molecule has 1 amide bonds. The molecule has 1 aliphatic rings. The highest BCUT2D eigenvalue weighted by Gasteiger charge is 2.42. The fourth-order valence-electron chi connectivity index (χ4n) is 4.76. The van der Waals surface area contributed by atoms with Crippen LogP contribution in [0, 0.1) is 17.2 Å². The number of methoxy groups -OCH3 is 1. The summed E-state index contributed by atoms with van der Waals surface area (Å²) in [4.78, 5) is 28.1. The molecule has 34 heavy (non-hydrogen) atoms. The van der Waals surface area contributed by atoms with Crippen molar-refractivity contribution in [3.63, 3.8) is 0 Å². The Balaban J connectivity index is 1.62. The highest BCUT2D eigenvalue weighted by Crippen LogP contribution is 2.41. The molecule has 0 saturated carbocycles. The standard InChI is InChI=1S/C27H29N3O4/c1-3-4-15-30-25(31)13-12-21(26(30)20-9-5-6-11-24(20)33-2)27(32)34-18-19-17-29-14-8-7-10-23(29)22(19)16-28/h5-11,14,17,21,26H,3-4,12-13,15,18H2,1-2H3/t21-,26-/m1/s1. The summed E-state index contributed by atoms with van der Waals surface area (Å²) in [7, 11) is 1.59. The van der Waals surface area contributed by atoms with Crippen LogP contribution in [0.15, 0.2) is 54.9 Å². The summed E-state index contributed by atoms with van der Waals surface area (Å²) in [5, 5.41) is 9.65. The third-order valence-electron chi connectivity index (χ3n) is 6.46. The molecule has 0 bridgehead atoms. The van der Waals surface area contributed by atoms with Gasteiger partial charge >= 0.3 is 5.97 Å². The average Bonchev–Trinajstić information content (AvgIpc) is 3.23. The minimum atomic E-state index is -0.520. The predicted molar refractivity (Wildman–Crippen MR) is 127 cm³/mol. The van der Waals surface area contributed by atoms with Crippen molar-refractivity contribution >= 4 is 17.4 Å². The summed E-state index contributed by atoms with van der Waals surface area (Å²) < 4.78 is 13.2. The van der Waals surface area contributed by atoms with Gasteiger partial charge < -0.3 is 18.8 Å². The zero-order chi connectivity index (χ0) is 24.1. The van der Waals surface area contributed by atoms with Crippen molar-refractivity contribution in [2.75, 3.05) is 13.7 Å². The second kappa shape index (κ2) is 10.4. The van der Waals surface area contributed by atoms with E-state index in [1.165, 1.54) is 0 Å². The summed E-state index contributed by atoms with van der Waals surface area (Å²) in [5.41, 5.74) is 2.74. The summed E-state index contributed by atoms with van der Waals surface area (Å²) in [5.74, 6) is -0.205. The van der Waals surface area contributed by atoms with E-state index in [1.807, 2.05) is 64.2 Å². The van der Waals surface area contributed by atoms with Crippen LogP contribution in [0.1, 0.15) is 55.3 Å². The van der Waals surface area contributed by atoms with E-state index >= 15 is 0 Å². The zero-order valence-corrected chi connectivity index (χ0v) is 19.6. The van der Waals surface area contributed by atoms with Gasteiger partial charge in [-0.1, -0.05) is 37.6 Å². The fraction of sp³-hybridized carbons (Fsp3) is 0.370. The molecule has 1 saturated heterocycles. The van der Waals surface area contributed by atoms with E-state index in [-0.39, 0.29) is 18.5 Å². The van der Waals surface area contributed by atoms with Crippen LogP contribution in [0.4, 0.5) is 0 Å². The van der Waals surface area contributed by atoms with Gasteiger partial charge in [-0.15, -0.1) is 0 Å². The Hall–Kier alpha value is -3.79. The first-order valence-corrected chi connectivity index (χ1v) is 11.7. The Morgan fingerprint density at radius 3 is 2.76 bits per heavy atom. The van der Waals surface area contributed by atoms with Crippen LogP contribution in [-0.2, 0) is 20.9 Å². The van der Waals surface area contributed by atoms with Crippen molar-refractivity contribution in [1.82, 2.24) is 9.30 Å². The largest absolute Gasteiger partial charge is 0.496 e. The maximum absolute atomic E-state index is 13.4. The quantitative estimate of drug-likeness (QED) is 0.458. The van der Waals surface area contributed by atoms with Crippen LogP contribution in [0.2, 0.25) is 0 Å². The molecule has 1 aliphatic heterocycles. The smallest absolute Gasteiger partial charge is 0.311 e. The molecule has 0 aliphatic carbocycles. The molecule has 3 heterocycles. The lowest BCUT2D eigenvalue weighted by atomic mass is 9.83. The predicted octanol–water partition coefficient (Wildman–Crippen LogP) is 4.64. The number of hydrogen-bond donors (Lipinski definition) is 0. The van der Waals surface area contributed by atoms with E-state index < -0.39 is 12.0 Å². The Kier molecular flexibility index (Phi) is 7.17. The number of unbranched alkanes of at least 4 members (excludes halogenated alkanes) is 1. The molecule has 1 fully saturated rings. The Morgan fingerprint density at radius 2 is 2.00 bits per heavy atom. The number of likely N-dealkylation sites (tertiary alicyclic amines) is 1. The topological polar surface area (TPSA) is 84.0 Å². The number of benzene rings is 1. The van der Waals surface area contributed by atoms with Gasteiger partial charge in [-0.3, -0.25) is 9.59 Å². The molecule has 3 aromatic rings. The van der Waals surface area contributed by atoms with Crippen LogP contribution in [0.3, 0.4) is 0 Å². The van der Waals surface area contributed by atoms with E-state index in [2.05, 4.69) is 13.0 Å². The van der Waals surface area contributed by atoms with Crippen molar-refractivity contribution in [3.05, 3.63) is 71.5 Å². The minimum Gasteiger partial charge on any atom is -0.496 e. The molecule has 4 rings (SSSR count). The van der Waals surface area contributed by atoms with E-state index in [1.54, 1.807) is 7.11 Å². The molecule has 1 aromatic carbocycles. The summed E-state index contributed by atoms with van der Waals surface area (Å²) in [6.07, 6.45) is 6.17. The summed E-state index contributed by atoms with van der Waals surface area (Å²) in [6, 6.07) is 14.9. The normalized spacial score (nSPS) is 18.0. The number of amides is 1. The Labute approximate surface area is 199 Å². The van der Waals surface area contributed by atoms with E-state index in [0.29, 0.717) is 36.3 Å². The molecule has 0 spiro atoms. The Bertz CT molecular complexity index is 1230. The number of hydrogen-bond acceptors (Lipinski definition) is 5. The number of para-hydroxylation sites is 1. The number of rotatable bonds is 8. The van der Waals surface area contributed by atoms with E-state index in [0.717, 1.165) is 23.9 Å². The van der Waals surface area contributed by atoms with Gasteiger partial charge in [0.25, 0.3) is 0 Å². The fourth-order valence-corrected chi connectivity index (χ4v) is 4.76. The van der Waals surface area contributed by atoms with Gasteiger partial charge in [0, 0.05) is 36.5 Å². The van der Waals surface area contributed by atoms with Crippen LogP contribution in [0.25, 0.3) is 5.52 Å². The first-order valence-electron chi connectivity index (χ1n) is 11.7. The molecule has 176 valence electrons. The molecular weight excluding hydrogens is 430 g/mol. The third kappa shape index (κ3) is 4.49. The average molecular weight is 460 g/mol. The second-order valence-corrected chi connectivity index (χ2v) is 8.51. The highest BCUT2D eigenvalue weighted by atomic mass is 16.5. The monoisotopic (exact) mass is 459 g/mol. The van der Waals surface area contributed by atoms with Crippen LogP contribution in [0.5, 0.6) is 5.75 Å². The molecule has 0 N–H and O–H groups in total. The second-order valence-electron chi connectivity index (χ2n) is 8.51. The van der Waals surface area contributed by atoms with Crippen molar-refractivity contribution in [2.24, 2.45) is 5.92 Å². The zero-order valence-electron chi connectivity index (χ0n) is 19.6. The van der Waals surface area contributed by atoms with Crippen LogP contribution >= 0.6 is 0 Å². The number of ether oxygens (including phenoxy) is 2. The van der Waals surface area contributed by atoms with Gasteiger partial charge in [-0.05, 0) is 31.0 Å². The number of pyridine rings is 1. The lowest BCUT2D eigenvalue weighted by molar-refractivity contribution is -0.158. The lowest BCUT2D eigenvalue weighted by Crippen LogP contribution is -2.46. The number of nitrogens with zero attached hydrogens (tertiary/aromatic N) is 3. The number of carbonyl (C=O) groups excluding carboxylic acids is 2.